The van der Waals surface area contributed by atoms with E-state index in [0.717, 1.165) is 13.0 Å². The number of hydrogen-bond acceptors (Lipinski definition) is 2. The summed E-state index contributed by atoms with van der Waals surface area (Å²) in [6, 6.07) is 0. The third-order valence-corrected chi connectivity index (χ3v) is 2.78. The summed E-state index contributed by atoms with van der Waals surface area (Å²) in [5, 5.41) is 2.82. The Kier molecular flexibility index (Phi) is 2.18. The molecule has 0 aromatic heterocycles. The quantitative estimate of drug-likeness (QED) is 0.596. The van der Waals surface area contributed by atoms with E-state index in [1.165, 1.54) is 0 Å². The van der Waals surface area contributed by atoms with Gasteiger partial charge in [0.1, 0.15) is 0 Å². The van der Waals surface area contributed by atoms with E-state index in [2.05, 4.69) is 19.2 Å². The lowest BCUT2D eigenvalue weighted by Crippen LogP contribution is -2.42. The van der Waals surface area contributed by atoms with Gasteiger partial charge in [0, 0.05) is 13.1 Å². The van der Waals surface area contributed by atoms with E-state index in [-0.39, 0.29) is 11.3 Å². The highest BCUT2D eigenvalue weighted by Gasteiger charge is 2.43. The van der Waals surface area contributed by atoms with Crippen molar-refractivity contribution in [1.29, 1.82) is 0 Å². The van der Waals surface area contributed by atoms with Gasteiger partial charge in [0.05, 0.1) is 5.41 Å². The Bertz CT molecular complexity index is 167. The Morgan fingerprint density at radius 2 is 2.36 bits per heavy atom. The monoisotopic (exact) mass is 156 g/mol. The van der Waals surface area contributed by atoms with Gasteiger partial charge in [-0.1, -0.05) is 13.8 Å². The molecule has 3 N–H and O–H groups in total. The molecule has 3 heteroatoms. The van der Waals surface area contributed by atoms with Gasteiger partial charge in [-0.05, 0) is 12.3 Å². The minimum absolute atomic E-state index is 0.134. The van der Waals surface area contributed by atoms with Crippen LogP contribution in [0.1, 0.15) is 20.3 Å². The van der Waals surface area contributed by atoms with Crippen molar-refractivity contribution in [2.24, 2.45) is 17.1 Å². The van der Waals surface area contributed by atoms with Crippen LogP contribution < -0.4 is 11.1 Å². The molecule has 0 aromatic carbocycles. The smallest absolute Gasteiger partial charge is 0.227 e. The summed E-state index contributed by atoms with van der Waals surface area (Å²) in [6.07, 6.45) is 0.889. The van der Waals surface area contributed by atoms with Gasteiger partial charge < -0.3 is 11.1 Å². The first-order valence-corrected chi connectivity index (χ1v) is 4.12. The second-order valence-corrected chi connectivity index (χ2v) is 3.52. The highest BCUT2D eigenvalue weighted by atomic mass is 16.2. The van der Waals surface area contributed by atoms with Gasteiger partial charge in [0.15, 0.2) is 0 Å². The molecule has 0 bridgehead atoms. The van der Waals surface area contributed by atoms with Crippen LogP contribution in [0.4, 0.5) is 0 Å². The van der Waals surface area contributed by atoms with E-state index >= 15 is 0 Å². The van der Waals surface area contributed by atoms with Crippen molar-refractivity contribution < 1.29 is 4.79 Å². The number of hydrogen-bond donors (Lipinski definition) is 2. The molecule has 0 aliphatic carbocycles. The molecule has 1 aliphatic rings. The Labute approximate surface area is 67.3 Å². The van der Waals surface area contributed by atoms with Crippen LogP contribution in [0.3, 0.4) is 0 Å². The fraction of sp³-hybridized carbons (Fsp3) is 0.875. The Balaban J connectivity index is 2.82. The number of nitrogens with two attached hydrogens (primary N) is 1. The molecule has 64 valence electrons. The zero-order valence-electron chi connectivity index (χ0n) is 7.18. The zero-order valence-corrected chi connectivity index (χ0v) is 7.18. The summed E-state index contributed by atoms with van der Waals surface area (Å²) in [7, 11) is 0. The molecule has 1 aliphatic heterocycles. The normalized spacial score (nSPS) is 31.1. The maximum atomic E-state index is 11.4. The average Bonchev–Trinajstić information content (AvgIpc) is 2.32. The Morgan fingerprint density at radius 1 is 1.73 bits per heavy atom. The van der Waals surface area contributed by atoms with Crippen LogP contribution in [0.25, 0.3) is 0 Å². The molecule has 0 aromatic rings. The van der Waals surface area contributed by atoms with E-state index < -0.39 is 0 Å². The van der Waals surface area contributed by atoms with Gasteiger partial charge in [-0.15, -0.1) is 0 Å². The molecule has 1 heterocycles. The molecule has 1 saturated heterocycles. The van der Waals surface area contributed by atoms with Crippen LogP contribution in [0, 0.1) is 11.3 Å². The van der Waals surface area contributed by atoms with Crippen molar-refractivity contribution in [3.8, 4) is 0 Å². The molecule has 1 rings (SSSR count). The highest BCUT2D eigenvalue weighted by molar-refractivity contribution is 5.85. The van der Waals surface area contributed by atoms with E-state index in [9.17, 15) is 4.79 Å². The van der Waals surface area contributed by atoms with Gasteiger partial charge in [-0.25, -0.2) is 0 Å². The second-order valence-electron chi connectivity index (χ2n) is 3.52. The van der Waals surface area contributed by atoms with Crippen molar-refractivity contribution in [3.63, 3.8) is 0 Å². The van der Waals surface area contributed by atoms with Gasteiger partial charge in [0.2, 0.25) is 5.91 Å². The molecular weight excluding hydrogens is 140 g/mol. The van der Waals surface area contributed by atoms with Crippen LogP contribution in [0.2, 0.25) is 0 Å². The van der Waals surface area contributed by atoms with Crippen molar-refractivity contribution in [2.45, 2.75) is 20.3 Å². The van der Waals surface area contributed by atoms with Crippen LogP contribution >= 0.6 is 0 Å². The first-order valence-electron chi connectivity index (χ1n) is 4.12. The van der Waals surface area contributed by atoms with E-state index in [1.54, 1.807) is 0 Å². The predicted molar refractivity (Wildman–Crippen MR) is 44.0 cm³/mol. The van der Waals surface area contributed by atoms with Crippen molar-refractivity contribution >= 4 is 5.91 Å². The van der Waals surface area contributed by atoms with Crippen LogP contribution in [-0.4, -0.2) is 19.0 Å². The molecule has 1 atom stereocenters. The van der Waals surface area contributed by atoms with E-state index in [4.69, 9.17) is 5.73 Å². The lowest BCUT2D eigenvalue weighted by Gasteiger charge is -2.28. The fourth-order valence-electron chi connectivity index (χ4n) is 1.67. The second kappa shape index (κ2) is 2.81. The van der Waals surface area contributed by atoms with Crippen LogP contribution in [-0.2, 0) is 4.79 Å². The molecule has 1 fully saturated rings. The standard InChI is InChI=1S/C8H16N2O/c1-6(2)8(5-9)3-4-10-7(8)11/h6H,3-5,9H2,1-2H3,(H,10,11)/t8-/m0/s1. The molecule has 11 heavy (non-hydrogen) atoms. The number of nitrogens with one attached hydrogen (secondary N) is 1. The first-order chi connectivity index (χ1) is 5.13. The predicted octanol–water partition coefficient (Wildman–Crippen LogP) is 0.107. The molecule has 0 radical (unpaired) electrons. The third kappa shape index (κ3) is 1.13. The van der Waals surface area contributed by atoms with Crippen LogP contribution in [0.5, 0.6) is 0 Å². The summed E-state index contributed by atoms with van der Waals surface area (Å²) in [5.41, 5.74) is 5.32. The maximum Gasteiger partial charge on any atom is 0.227 e. The first kappa shape index (κ1) is 8.53. The Morgan fingerprint density at radius 3 is 2.55 bits per heavy atom. The van der Waals surface area contributed by atoms with Crippen molar-refractivity contribution in [3.05, 3.63) is 0 Å². The third-order valence-electron chi connectivity index (χ3n) is 2.78. The van der Waals surface area contributed by atoms with Gasteiger partial charge in [0.25, 0.3) is 0 Å². The van der Waals surface area contributed by atoms with Gasteiger partial charge >= 0.3 is 0 Å². The van der Waals surface area contributed by atoms with Gasteiger partial charge in [-0.2, -0.15) is 0 Å². The van der Waals surface area contributed by atoms with E-state index in [0.29, 0.717) is 12.5 Å². The molecule has 0 unspecified atom stereocenters. The summed E-state index contributed by atoms with van der Waals surface area (Å²) in [4.78, 5) is 11.4. The highest BCUT2D eigenvalue weighted by Crippen LogP contribution is 2.33. The summed E-state index contributed by atoms with van der Waals surface area (Å²) in [6.45, 7) is 5.36. The molecule has 0 spiro atoms. The molecule has 3 nitrogen and oxygen atoms in total. The summed E-state index contributed by atoms with van der Waals surface area (Å²) < 4.78 is 0. The Hall–Kier alpha value is -0.570. The topological polar surface area (TPSA) is 55.1 Å². The van der Waals surface area contributed by atoms with Crippen LogP contribution in [0.15, 0.2) is 0 Å². The number of rotatable bonds is 2. The molecule has 0 saturated carbocycles. The number of carbonyl (C=O) groups excluding carboxylic acids is 1. The SMILES string of the molecule is CC(C)[C@@]1(CN)CCNC1=O. The van der Waals surface area contributed by atoms with Crippen molar-refractivity contribution in [1.82, 2.24) is 5.32 Å². The minimum atomic E-state index is -0.278. The lowest BCUT2D eigenvalue weighted by molar-refractivity contribution is -0.129. The summed E-state index contributed by atoms with van der Waals surface area (Å²) >= 11 is 0. The zero-order chi connectivity index (χ0) is 8.48. The van der Waals surface area contributed by atoms with Gasteiger partial charge in [-0.3, -0.25) is 4.79 Å². The maximum absolute atomic E-state index is 11.4. The molecular formula is C8H16N2O. The average molecular weight is 156 g/mol. The van der Waals surface area contributed by atoms with E-state index in [1.807, 2.05) is 0 Å². The largest absolute Gasteiger partial charge is 0.356 e. The molecule has 1 amide bonds. The fourth-order valence-corrected chi connectivity index (χ4v) is 1.67. The lowest BCUT2D eigenvalue weighted by atomic mass is 9.76. The minimum Gasteiger partial charge on any atom is -0.356 e. The number of carbonyl (C=O) groups is 1. The number of amides is 1. The summed E-state index contributed by atoms with van der Waals surface area (Å²) in [5.74, 6) is 0.477. The van der Waals surface area contributed by atoms with Crippen molar-refractivity contribution in [2.75, 3.05) is 13.1 Å².